The minimum atomic E-state index is -0.101. The van der Waals surface area contributed by atoms with Crippen molar-refractivity contribution in [2.75, 3.05) is 31.5 Å². The molecule has 2 amide bonds. The molecule has 0 aliphatic carbocycles. The monoisotopic (exact) mass is 410 g/mol. The Labute approximate surface area is 175 Å². The van der Waals surface area contributed by atoms with Crippen LogP contribution < -0.4 is 5.32 Å². The van der Waals surface area contributed by atoms with Crippen molar-refractivity contribution in [3.63, 3.8) is 0 Å². The largest absolute Gasteiger partial charge is 0.441 e. The first-order chi connectivity index (χ1) is 14.1. The van der Waals surface area contributed by atoms with Gasteiger partial charge in [-0.25, -0.2) is 9.78 Å². The Morgan fingerprint density at radius 1 is 1.10 bits per heavy atom. The van der Waals surface area contributed by atoms with Crippen molar-refractivity contribution >= 4 is 23.3 Å². The van der Waals surface area contributed by atoms with Gasteiger partial charge < -0.3 is 14.6 Å². The normalized spacial score (nSPS) is 14.8. The van der Waals surface area contributed by atoms with Crippen molar-refractivity contribution in [2.24, 2.45) is 0 Å². The van der Waals surface area contributed by atoms with Gasteiger partial charge in [0.2, 0.25) is 5.89 Å². The van der Waals surface area contributed by atoms with Crippen LogP contribution in [0.4, 0.5) is 10.5 Å². The third-order valence-corrected chi connectivity index (χ3v) is 5.26. The molecular formula is C22H23ClN4O2. The van der Waals surface area contributed by atoms with Crippen LogP contribution in [0.3, 0.4) is 0 Å². The maximum absolute atomic E-state index is 12.5. The van der Waals surface area contributed by atoms with Crippen LogP contribution in [0.5, 0.6) is 0 Å². The predicted molar refractivity (Wildman–Crippen MR) is 114 cm³/mol. The molecule has 2 heterocycles. The molecule has 0 atom stereocenters. The second kappa shape index (κ2) is 8.68. The number of nitrogens with one attached hydrogen (secondary N) is 1. The van der Waals surface area contributed by atoms with Crippen LogP contribution in [0, 0.1) is 6.92 Å². The number of benzene rings is 2. The Bertz CT molecular complexity index is 981. The Kier molecular flexibility index (Phi) is 5.83. The molecule has 3 aromatic rings. The summed E-state index contributed by atoms with van der Waals surface area (Å²) in [6.45, 7) is 5.56. The van der Waals surface area contributed by atoms with Gasteiger partial charge in [0.25, 0.3) is 0 Å². The number of amides is 2. The summed E-state index contributed by atoms with van der Waals surface area (Å²) < 4.78 is 5.85. The number of urea groups is 1. The van der Waals surface area contributed by atoms with E-state index >= 15 is 0 Å². The van der Waals surface area contributed by atoms with Gasteiger partial charge in [-0.1, -0.05) is 35.9 Å². The van der Waals surface area contributed by atoms with Gasteiger partial charge in [-0.3, -0.25) is 4.90 Å². The van der Waals surface area contributed by atoms with E-state index in [4.69, 9.17) is 16.0 Å². The van der Waals surface area contributed by atoms with Crippen LogP contribution in [0.2, 0.25) is 5.02 Å². The number of aromatic nitrogens is 1. The van der Waals surface area contributed by atoms with Crippen LogP contribution in [-0.4, -0.2) is 47.0 Å². The molecule has 6 nitrogen and oxygen atoms in total. The van der Waals surface area contributed by atoms with Gasteiger partial charge in [0, 0.05) is 49.0 Å². The first kappa shape index (κ1) is 19.5. The summed E-state index contributed by atoms with van der Waals surface area (Å²) in [6.07, 6.45) is 0. The SMILES string of the molecule is Cc1oc(-c2ccccc2)nc1CN1CCN(C(=O)Nc2cccc(Cl)c2)CC1. The molecule has 1 saturated heterocycles. The molecule has 0 bridgehead atoms. The number of aryl methyl sites for hydroxylation is 1. The molecule has 4 rings (SSSR count). The highest BCUT2D eigenvalue weighted by Crippen LogP contribution is 2.23. The standard InChI is InChI=1S/C22H23ClN4O2/c1-16-20(25-21(29-16)17-6-3-2-4-7-17)15-26-10-12-27(13-11-26)22(28)24-19-9-5-8-18(23)14-19/h2-9,14H,10-13,15H2,1H3,(H,24,28). The predicted octanol–water partition coefficient (Wildman–Crippen LogP) is 4.65. The lowest BCUT2D eigenvalue weighted by atomic mass is 10.2. The summed E-state index contributed by atoms with van der Waals surface area (Å²) in [6, 6.07) is 17.0. The van der Waals surface area contributed by atoms with Crippen LogP contribution >= 0.6 is 11.6 Å². The molecule has 2 aromatic carbocycles. The van der Waals surface area contributed by atoms with E-state index < -0.39 is 0 Å². The van der Waals surface area contributed by atoms with Gasteiger partial charge >= 0.3 is 6.03 Å². The Morgan fingerprint density at radius 2 is 1.86 bits per heavy atom. The summed E-state index contributed by atoms with van der Waals surface area (Å²) >= 11 is 5.98. The first-order valence-electron chi connectivity index (χ1n) is 9.64. The van der Waals surface area contributed by atoms with E-state index in [1.165, 1.54) is 0 Å². The Hall–Kier alpha value is -2.83. The van der Waals surface area contributed by atoms with Crippen molar-refractivity contribution in [2.45, 2.75) is 13.5 Å². The molecular weight excluding hydrogens is 388 g/mol. The summed E-state index contributed by atoms with van der Waals surface area (Å²) in [4.78, 5) is 21.3. The molecule has 0 saturated carbocycles. The maximum atomic E-state index is 12.5. The van der Waals surface area contributed by atoms with E-state index in [-0.39, 0.29) is 6.03 Å². The molecule has 1 fully saturated rings. The smallest absolute Gasteiger partial charge is 0.321 e. The fraction of sp³-hybridized carbons (Fsp3) is 0.273. The van der Waals surface area contributed by atoms with Crippen LogP contribution in [0.1, 0.15) is 11.5 Å². The minimum Gasteiger partial charge on any atom is -0.441 e. The van der Waals surface area contributed by atoms with Gasteiger partial charge in [-0.05, 0) is 37.3 Å². The second-order valence-electron chi connectivity index (χ2n) is 7.09. The van der Waals surface area contributed by atoms with Gasteiger partial charge in [0.1, 0.15) is 5.76 Å². The highest BCUT2D eigenvalue weighted by atomic mass is 35.5. The third-order valence-electron chi connectivity index (χ3n) is 5.02. The molecule has 1 N–H and O–H groups in total. The lowest BCUT2D eigenvalue weighted by molar-refractivity contribution is 0.141. The Balaban J connectivity index is 1.32. The van der Waals surface area contributed by atoms with E-state index in [0.29, 0.717) is 36.2 Å². The highest BCUT2D eigenvalue weighted by molar-refractivity contribution is 6.30. The van der Waals surface area contributed by atoms with E-state index in [9.17, 15) is 4.79 Å². The van der Waals surface area contributed by atoms with Crippen molar-refractivity contribution in [1.29, 1.82) is 0 Å². The summed E-state index contributed by atoms with van der Waals surface area (Å²) in [7, 11) is 0. The second-order valence-corrected chi connectivity index (χ2v) is 7.53. The summed E-state index contributed by atoms with van der Waals surface area (Å²) in [5.41, 5.74) is 2.63. The molecule has 1 aliphatic heterocycles. The lowest BCUT2D eigenvalue weighted by Gasteiger charge is -2.34. The Morgan fingerprint density at radius 3 is 2.59 bits per heavy atom. The van der Waals surface area contributed by atoms with E-state index in [1.807, 2.05) is 54.3 Å². The number of oxazole rings is 1. The highest BCUT2D eigenvalue weighted by Gasteiger charge is 2.23. The number of hydrogen-bond donors (Lipinski definition) is 1. The maximum Gasteiger partial charge on any atom is 0.321 e. The summed E-state index contributed by atoms with van der Waals surface area (Å²) in [5, 5.41) is 3.51. The zero-order valence-corrected chi connectivity index (χ0v) is 17.0. The number of carbonyl (C=O) groups excluding carboxylic acids is 1. The van der Waals surface area contributed by atoms with Crippen LogP contribution in [-0.2, 0) is 6.54 Å². The number of carbonyl (C=O) groups is 1. The third kappa shape index (κ3) is 4.78. The topological polar surface area (TPSA) is 61.6 Å². The fourth-order valence-corrected chi connectivity index (χ4v) is 3.56. The average Bonchev–Trinajstić information content (AvgIpc) is 3.09. The van der Waals surface area contributed by atoms with Gasteiger partial charge in [-0.2, -0.15) is 0 Å². The van der Waals surface area contributed by atoms with Gasteiger partial charge in [0.05, 0.1) is 5.69 Å². The van der Waals surface area contributed by atoms with Crippen molar-refractivity contribution < 1.29 is 9.21 Å². The zero-order valence-electron chi connectivity index (χ0n) is 16.3. The molecule has 29 heavy (non-hydrogen) atoms. The van der Waals surface area contributed by atoms with Crippen molar-refractivity contribution in [3.05, 3.63) is 71.1 Å². The molecule has 150 valence electrons. The van der Waals surface area contributed by atoms with E-state index in [0.717, 1.165) is 30.1 Å². The number of rotatable bonds is 4. The number of halogens is 1. The van der Waals surface area contributed by atoms with E-state index in [1.54, 1.807) is 12.1 Å². The van der Waals surface area contributed by atoms with E-state index in [2.05, 4.69) is 15.2 Å². The average molecular weight is 411 g/mol. The van der Waals surface area contributed by atoms with Crippen molar-refractivity contribution in [1.82, 2.24) is 14.8 Å². The molecule has 0 radical (unpaired) electrons. The number of piperazine rings is 1. The molecule has 1 aliphatic rings. The minimum absolute atomic E-state index is 0.101. The molecule has 7 heteroatoms. The van der Waals surface area contributed by atoms with Crippen molar-refractivity contribution in [3.8, 4) is 11.5 Å². The summed E-state index contributed by atoms with van der Waals surface area (Å²) in [5.74, 6) is 1.49. The zero-order chi connectivity index (χ0) is 20.2. The van der Waals surface area contributed by atoms with Gasteiger partial charge in [-0.15, -0.1) is 0 Å². The van der Waals surface area contributed by atoms with Gasteiger partial charge in [0.15, 0.2) is 0 Å². The molecule has 0 spiro atoms. The molecule has 1 aromatic heterocycles. The molecule has 0 unspecified atom stereocenters. The van der Waals surface area contributed by atoms with Crippen LogP contribution in [0.15, 0.2) is 59.0 Å². The number of nitrogens with zero attached hydrogens (tertiary/aromatic N) is 3. The lowest BCUT2D eigenvalue weighted by Crippen LogP contribution is -2.49. The number of anilines is 1. The first-order valence-corrected chi connectivity index (χ1v) is 10.0. The fourth-order valence-electron chi connectivity index (χ4n) is 3.37. The van der Waals surface area contributed by atoms with Crippen LogP contribution in [0.25, 0.3) is 11.5 Å². The number of hydrogen-bond acceptors (Lipinski definition) is 4. The quantitative estimate of drug-likeness (QED) is 0.679.